The molecule has 0 saturated carbocycles. The maximum atomic E-state index is 12.2. The number of hydrogen-bond donors (Lipinski definition) is 2. The van der Waals surface area contributed by atoms with E-state index in [4.69, 9.17) is 5.73 Å². The van der Waals surface area contributed by atoms with Crippen molar-refractivity contribution in [1.29, 1.82) is 0 Å². The standard InChI is InChI=1S/C14H19N3O2S2/c1-2-12-9-16-14(20-12)10-17-21(18,19)13-5-3-11(4-6-13)7-8-15/h3-6,9,17H,2,7-8,10,15H2,1H3. The van der Waals surface area contributed by atoms with Crippen molar-refractivity contribution in [3.8, 4) is 0 Å². The second-order valence-electron chi connectivity index (χ2n) is 4.58. The second kappa shape index (κ2) is 7.13. The van der Waals surface area contributed by atoms with Crippen LogP contribution >= 0.6 is 11.3 Å². The zero-order valence-corrected chi connectivity index (χ0v) is 13.5. The fraction of sp³-hybridized carbons (Fsp3) is 0.357. The van der Waals surface area contributed by atoms with Gasteiger partial charge in [-0.1, -0.05) is 19.1 Å². The summed E-state index contributed by atoms with van der Waals surface area (Å²) >= 11 is 1.53. The second-order valence-corrected chi connectivity index (χ2v) is 7.55. The molecule has 2 rings (SSSR count). The number of sulfonamides is 1. The van der Waals surface area contributed by atoms with Gasteiger partial charge in [-0.3, -0.25) is 0 Å². The highest BCUT2D eigenvalue weighted by Gasteiger charge is 2.14. The lowest BCUT2D eigenvalue weighted by atomic mass is 10.2. The van der Waals surface area contributed by atoms with Gasteiger partial charge >= 0.3 is 0 Å². The van der Waals surface area contributed by atoms with Crippen molar-refractivity contribution >= 4 is 21.4 Å². The molecule has 0 amide bonds. The summed E-state index contributed by atoms with van der Waals surface area (Å²) in [5.74, 6) is 0. The van der Waals surface area contributed by atoms with Crippen LogP contribution in [-0.4, -0.2) is 19.9 Å². The van der Waals surface area contributed by atoms with Gasteiger partial charge in [0.1, 0.15) is 5.01 Å². The van der Waals surface area contributed by atoms with Crippen LogP contribution in [-0.2, 0) is 29.4 Å². The monoisotopic (exact) mass is 325 g/mol. The van der Waals surface area contributed by atoms with Crippen LogP contribution in [0.3, 0.4) is 0 Å². The lowest BCUT2D eigenvalue weighted by molar-refractivity contribution is 0.581. The van der Waals surface area contributed by atoms with Gasteiger partial charge in [0, 0.05) is 11.1 Å². The van der Waals surface area contributed by atoms with Crippen LogP contribution in [0.5, 0.6) is 0 Å². The number of thiazole rings is 1. The first kappa shape index (κ1) is 16.1. The molecule has 1 heterocycles. The fourth-order valence-electron chi connectivity index (χ4n) is 1.84. The summed E-state index contributed by atoms with van der Waals surface area (Å²) in [6.45, 7) is 2.82. The first-order chi connectivity index (χ1) is 10.0. The van der Waals surface area contributed by atoms with E-state index in [1.54, 1.807) is 30.5 Å². The molecule has 0 unspecified atom stereocenters. The zero-order valence-electron chi connectivity index (χ0n) is 11.9. The van der Waals surface area contributed by atoms with Crippen LogP contribution < -0.4 is 10.5 Å². The number of nitrogens with two attached hydrogens (primary N) is 1. The maximum Gasteiger partial charge on any atom is 0.240 e. The molecule has 5 nitrogen and oxygen atoms in total. The van der Waals surface area contributed by atoms with E-state index in [0.717, 1.165) is 28.3 Å². The van der Waals surface area contributed by atoms with Crippen molar-refractivity contribution < 1.29 is 8.42 Å². The van der Waals surface area contributed by atoms with Crippen LogP contribution in [0.2, 0.25) is 0 Å². The number of aromatic nitrogens is 1. The average Bonchev–Trinajstić information content (AvgIpc) is 2.94. The van der Waals surface area contributed by atoms with E-state index in [1.807, 2.05) is 6.92 Å². The lowest BCUT2D eigenvalue weighted by Gasteiger charge is -2.06. The first-order valence-corrected chi connectivity index (χ1v) is 9.07. The Balaban J connectivity index is 2.03. The molecule has 1 aromatic carbocycles. The fourth-order valence-corrected chi connectivity index (χ4v) is 3.72. The lowest BCUT2D eigenvalue weighted by Crippen LogP contribution is -2.23. The quantitative estimate of drug-likeness (QED) is 0.811. The van der Waals surface area contributed by atoms with E-state index in [1.165, 1.54) is 11.3 Å². The molecule has 0 atom stereocenters. The van der Waals surface area contributed by atoms with Gasteiger partial charge in [-0.05, 0) is 37.1 Å². The Morgan fingerprint density at radius 3 is 2.57 bits per heavy atom. The van der Waals surface area contributed by atoms with Gasteiger partial charge in [0.05, 0.1) is 11.4 Å². The number of benzene rings is 1. The Morgan fingerprint density at radius 2 is 2.00 bits per heavy atom. The molecule has 0 aliphatic rings. The molecule has 7 heteroatoms. The zero-order chi connectivity index (χ0) is 15.3. The van der Waals surface area contributed by atoms with Crippen LogP contribution in [0.1, 0.15) is 22.4 Å². The molecule has 0 saturated heterocycles. The minimum Gasteiger partial charge on any atom is -0.330 e. The van der Waals surface area contributed by atoms with E-state index in [-0.39, 0.29) is 11.4 Å². The number of aryl methyl sites for hydroxylation is 1. The molecule has 2 aromatic rings. The minimum absolute atomic E-state index is 0.220. The van der Waals surface area contributed by atoms with E-state index in [0.29, 0.717) is 6.54 Å². The predicted molar refractivity (Wildman–Crippen MR) is 84.7 cm³/mol. The summed E-state index contributed by atoms with van der Waals surface area (Å²) in [5, 5.41) is 0.773. The molecule has 1 aromatic heterocycles. The summed E-state index contributed by atoms with van der Waals surface area (Å²) in [7, 11) is -3.50. The molecule has 0 spiro atoms. The number of nitrogens with one attached hydrogen (secondary N) is 1. The predicted octanol–water partition coefficient (Wildman–Crippen LogP) is 1.69. The van der Waals surface area contributed by atoms with Crippen molar-refractivity contribution in [1.82, 2.24) is 9.71 Å². The van der Waals surface area contributed by atoms with Crippen molar-refractivity contribution in [3.05, 3.63) is 45.9 Å². The van der Waals surface area contributed by atoms with Crippen LogP contribution in [0.25, 0.3) is 0 Å². The highest BCUT2D eigenvalue weighted by Crippen LogP contribution is 2.15. The van der Waals surface area contributed by atoms with Gasteiger partial charge in [-0.15, -0.1) is 11.3 Å². The summed E-state index contributed by atoms with van der Waals surface area (Å²) < 4.78 is 27.0. The van der Waals surface area contributed by atoms with Crippen LogP contribution in [0.15, 0.2) is 35.4 Å². The van der Waals surface area contributed by atoms with E-state index in [2.05, 4.69) is 9.71 Å². The van der Waals surface area contributed by atoms with Gasteiger partial charge < -0.3 is 5.73 Å². The van der Waals surface area contributed by atoms with E-state index < -0.39 is 10.0 Å². The Kier molecular flexibility index (Phi) is 5.46. The van der Waals surface area contributed by atoms with E-state index >= 15 is 0 Å². The molecular formula is C14H19N3O2S2. The summed E-state index contributed by atoms with van der Waals surface area (Å²) in [5.41, 5.74) is 6.50. The molecule has 0 bridgehead atoms. The molecule has 0 fully saturated rings. The highest BCUT2D eigenvalue weighted by molar-refractivity contribution is 7.89. The van der Waals surface area contributed by atoms with Gasteiger partial charge in [-0.25, -0.2) is 18.1 Å². The largest absolute Gasteiger partial charge is 0.330 e. The molecule has 0 aliphatic heterocycles. The van der Waals surface area contributed by atoms with Crippen LogP contribution in [0, 0.1) is 0 Å². The molecule has 114 valence electrons. The number of nitrogens with zero attached hydrogens (tertiary/aromatic N) is 1. The third kappa shape index (κ3) is 4.34. The Hall–Kier alpha value is -1.28. The maximum absolute atomic E-state index is 12.2. The number of hydrogen-bond acceptors (Lipinski definition) is 5. The summed E-state index contributed by atoms with van der Waals surface area (Å²) in [4.78, 5) is 5.61. The molecule has 3 N–H and O–H groups in total. The van der Waals surface area contributed by atoms with E-state index in [9.17, 15) is 8.42 Å². The van der Waals surface area contributed by atoms with Gasteiger partial charge in [0.15, 0.2) is 0 Å². The summed E-state index contributed by atoms with van der Waals surface area (Å²) in [6, 6.07) is 6.79. The van der Waals surface area contributed by atoms with Crippen molar-refractivity contribution in [3.63, 3.8) is 0 Å². The first-order valence-electron chi connectivity index (χ1n) is 6.77. The normalized spacial score (nSPS) is 11.7. The number of rotatable bonds is 7. The molecular weight excluding hydrogens is 306 g/mol. The SMILES string of the molecule is CCc1cnc(CNS(=O)(=O)c2ccc(CCN)cc2)s1. The smallest absolute Gasteiger partial charge is 0.240 e. The third-order valence-corrected chi connectivity index (χ3v) is 5.59. The molecule has 21 heavy (non-hydrogen) atoms. The summed E-state index contributed by atoms with van der Waals surface area (Å²) in [6.07, 6.45) is 3.44. The van der Waals surface area contributed by atoms with Gasteiger partial charge in [-0.2, -0.15) is 0 Å². The van der Waals surface area contributed by atoms with Gasteiger partial charge in [0.2, 0.25) is 10.0 Å². The molecule has 0 aliphatic carbocycles. The average molecular weight is 325 g/mol. The Morgan fingerprint density at radius 1 is 1.29 bits per heavy atom. The third-order valence-electron chi connectivity index (χ3n) is 3.03. The topological polar surface area (TPSA) is 85.1 Å². The molecule has 0 radical (unpaired) electrons. The Labute approximate surface area is 129 Å². The van der Waals surface area contributed by atoms with Crippen molar-refractivity contribution in [2.75, 3.05) is 6.54 Å². The van der Waals surface area contributed by atoms with Crippen molar-refractivity contribution in [2.45, 2.75) is 31.2 Å². The van der Waals surface area contributed by atoms with Crippen molar-refractivity contribution in [2.24, 2.45) is 5.73 Å². The Bertz CT molecular complexity index is 678. The highest BCUT2D eigenvalue weighted by atomic mass is 32.2. The van der Waals surface area contributed by atoms with Crippen LogP contribution in [0.4, 0.5) is 0 Å². The minimum atomic E-state index is -3.50. The van der Waals surface area contributed by atoms with Gasteiger partial charge in [0.25, 0.3) is 0 Å².